The fourth-order valence-corrected chi connectivity index (χ4v) is 3.76. The smallest absolute Gasteiger partial charge is 0.294 e. The van der Waals surface area contributed by atoms with Gasteiger partial charge in [0.05, 0.1) is 10.7 Å². The van der Waals surface area contributed by atoms with Gasteiger partial charge in [-0.25, -0.2) is 9.97 Å². The first-order valence-corrected chi connectivity index (χ1v) is 9.80. The van der Waals surface area contributed by atoms with Gasteiger partial charge in [0.1, 0.15) is 5.69 Å². The lowest BCUT2D eigenvalue weighted by Gasteiger charge is -2.10. The number of imidazole rings is 1. The van der Waals surface area contributed by atoms with Crippen molar-refractivity contribution in [1.29, 1.82) is 0 Å². The number of fused-ring (bicyclic) bond motifs is 1. The Morgan fingerprint density at radius 1 is 1.29 bits per heavy atom. The first kappa shape index (κ1) is 18.4. The summed E-state index contributed by atoms with van der Waals surface area (Å²) in [5.74, 6) is -0.332. The van der Waals surface area contributed by atoms with E-state index in [2.05, 4.69) is 15.3 Å². The molecule has 4 aromatic rings. The highest BCUT2D eigenvalue weighted by molar-refractivity contribution is 7.09. The second-order valence-corrected chi connectivity index (χ2v) is 7.53. The van der Waals surface area contributed by atoms with Gasteiger partial charge >= 0.3 is 0 Å². The van der Waals surface area contributed by atoms with E-state index in [1.54, 1.807) is 47.4 Å². The Bertz CT molecular complexity index is 1210. The predicted octanol–water partition coefficient (Wildman–Crippen LogP) is 2.78. The molecule has 28 heavy (non-hydrogen) atoms. The van der Waals surface area contributed by atoms with Crippen LogP contribution >= 0.6 is 22.9 Å². The lowest BCUT2D eigenvalue weighted by atomic mass is 10.1. The lowest BCUT2D eigenvalue weighted by Crippen LogP contribution is -2.26. The minimum Gasteiger partial charge on any atom is -0.350 e. The Balaban J connectivity index is 1.63. The highest BCUT2D eigenvalue weighted by Crippen LogP contribution is 2.26. The van der Waals surface area contributed by atoms with Gasteiger partial charge < -0.3 is 9.88 Å². The van der Waals surface area contributed by atoms with Gasteiger partial charge in [0, 0.05) is 54.6 Å². The number of nitrogens with one attached hydrogen (secondary N) is 1. The molecule has 3 heterocycles. The van der Waals surface area contributed by atoms with Crippen LogP contribution in [0.4, 0.5) is 0 Å². The van der Waals surface area contributed by atoms with Crippen LogP contribution < -0.4 is 10.9 Å². The Morgan fingerprint density at radius 2 is 2.11 bits per heavy atom. The van der Waals surface area contributed by atoms with E-state index in [1.165, 1.54) is 4.57 Å². The average Bonchev–Trinajstić information content (AvgIpc) is 3.35. The van der Waals surface area contributed by atoms with Crippen molar-refractivity contribution >= 4 is 34.5 Å². The molecule has 0 aliphatic rings. The molecule has 0 aliphatic carbocycles. The maximum absolute atomic E-state index is 12.7. The van der Waals surface area contributed by atoms with Crippen LogP contribution in [0.3, 0.4) is 0 Å². The topological polar surface area (TPSA) is 81.3 Å². The number of hydrogen-bond donors (Lipinski definition) is 1. The van der Waals surface area contributed by atoms with Gasteiger partial charge in [-0.15, -0.1) is 11.3 Å². The molecular weight excluding hydrogens is 398 g/mol. The number of hydrogen-bond acceptors (Lipinski definition) is 5. The number of thiazole rings is 1. The Labute approximate surface area is 169 Å². The molecule has 0 bridgehead atoms. The number of benzene rings is 1. The summed E-state index contributed by atoms with van der Waals surface area (Å²) in [6.45, 7) is 0.448. The Morgan fingerprint density at radius 3 is 2.86 bits per heavy atom. The van der Waals surface area contributed by atoms with Crippen molar-refractivity contribution in [1.82, 2.24) is 24.3 Å². The third-order valence-electron chi connectivity index (χ3n) is 4.34. The minimum absolute atomic E-state index is 0.184. The van der Waals surface area contributed by atoms with Crippen molar-refractivity contribution < 1.29 is 4.79 Å². The standard InChI is InChI=1S/C19H16ClN5O2S/c1-24-15(12-4-2-3-5-13(12)20)11-25-10-14(23-17(25)19(24)27)18(26)22-7-6-16-21-8-9-28-16/h2-5,8-11H,6-7H2,1H3,(H,22,26). The van der Waals surface area contributed by atoms with E-state index in [9.17, 15) is 9.59 Å². The summed E-state index contributed by atoms with van der Waals surface area (Å²) in [4.78, 5) is 33.5. The molecule has 0 fully saturated rings. The Hall–Kier alpha value is -2.97. The number of carbonyl (C=O) groups excluding carboxylic acids is 1. The van der Waals surface area contributed by atoms with E-state index in [-0.39, 0.29) is 22.8 Å². The molecule has 1 aromatic carbocycles. The summed E-state index contributed by atoms with van der Waals surface area (Å²) >= 11 is 7.82. The van der Waals surface area contributed by atoms with Crippen LogP contribution in [0, 0.1) is 0 Å². The molecule has 0 aliphatic heterocycles. The molecule has 0 radical (unpaired) electrons. The first-order valence-electron chi connectivity index (χ1n) is 8.55. The maximum atomic E-state index is 12.7. The van der Waals surface area contributed by atoms with Crippen molar-refractivity contribution in [3.63, 3.8) is 0 Å². The van der Waals surface area contributed by atoms with Gasteiger partial charge in [0.2, 0.25) is 5.65 Å². The number of carbonyl (C=O) groups is 1. The largest absolute Gasteiger partial charge is 0.350 e. The second-order valence-electron chi connectivity index (χ2n) is 6.15. The molecule has 0 saturated heterocycles. The molecule has 1 amide bonds. The van der Waals surface area contributed by atoms with Crippen LogP contribution in [0.5, 0.6) is 0 Å². The monoisotopic (exact) mass is 413 g/mol. The van der Waals surface area contributed by atoms with Crippen molar-refractivity contribution in [3.8, 4) is 11.3 Å². The summed E-state index contributed by atoms with van der Waals surface area (Å²) in [6, 6.07) is 7.28. The summed E-state index contributed by atoms with van der Waals surface area (Å²) < 4.78 is 3.05. The van der Waals surface area contributed by atoms with E-state index in [4.69, 9.17) is 11.6 Å². The van der Waals surface area contributed by atoms with Crippen LogP contribution in [0.1, 0.15) is 15.5 Å². The first-order chi connectivity index (χ1) is 13.5. The van der Waals surface area contributed by atoms with E-state index >= 15 is 0 Å². The SMILES string of the molecule is Cn1c(-c2ccccc2Cl)cn2cc(C(=O)NCCc3nccs3)nc2c1=O. The van der Waals surface area contributed by atoms with E-state index in [1.807, 2.05) is 23.6 Å². The number of nitrogens with zero attached hydrogens (tertiary/aromatic N) is 4. The van der Waals surface area contributed by atoms with E-state index in [0.717, 1.165) is 10.6 Å². The molecule has 1 N–H and O–H groups in total. The number of rotatable bonds is 5. The van der Waals surface area contributed by atoms with Crippen LogP contribution in [-0.2, 0) is 13.5 Å². The molecule has 0 spiro atoms. The van der Waals surface area contributed by atoms with Crippen molar-refractivity contribution in [2.45, 2.75) is 6.42 Å². The molecule has 142 valence electrons. The van der Waals surface area contributed by atoms with Gasteiger partial charge in [-0.2, -0.15) is 0 Å². The van der Waals surface area contributed by atoms with Gasteiger partial charge in [-0.1, -0.05) is 29.8 Å². The lowest BCUT2D eigenvalue weighted by molar-refractivity contribution is 0.0950. The summed E-state index contributed by atoms with van der Waals surface area (Å²) in [7, 11) is 1.66. The van der Waals surface area contributed by atoms with Crippen LogP contribution in [0.2, 0.25) is 5.02 Å². The van der Waals surface area contributed by atoms with Crippen molar-refractivity contribution in [2.24, 2.45) is 7.05 Å². The number of halogens is 1. The quantitative estimate of drug-likeness (QED) is 0.545. The molecule has 4 rings (SSSR count). The molecule has 0 saturated carbocycles. The average molecular weight is 414 g/mol. The molecule has 7 nitrogen and oxygen atoms in total. The second kappa shape index (κ2) is 7.57. The molecule has 0 atom stereocenters. The Kier molecular flexibility index (Phi) is 4.97. The summed E-state index contributed by atoms with van der Waals surface area (Å²) in [5.41, 5.74) is 1.43. The normalized spacial score (nSPS) is 11.1. The zero-order chi connectivity index (χ0) is 19.7. The van der Waals surface area contributed by atoms with E-state index in [0.29, 0.717) is 23.7 Å². The third kappa shape index (κ3) is 3.44. The molecule has 9 heteroatoms. The number of aromatic nitrogens is 4. The molecule has 3 aromatic heterocycles. The third-order valence-corrected chi connectivity index (χ3v) is 5.51. The molecular formula is C19H16ClN5O2S. The minimum atomic E-state index is -0.332. The van der Waals surface area contributed by atoms with Gasteiger partial charge in [-0.3, -0.25) is 14.0 Å². The highest BCUT2D eigenvalue weighted by Gasteiger charge is 2.16. The fourth-order valence-electron chi connectivity index (χ4n) is 2.91. The van der Waals surface area contributed by atoms with Crippen molar-refractivity contribution in [2.75, 3.05) is 6.54 Å². The molecule has 0 unspecified atom stereocenters. The van der Waals surface area contributed by atoms with Gasteiger partial charge in [-0.05, 0) is 6.07 Å². The maximum Gasteiger partial charge on any atom is 0.294 e. The van der Waals surface area contributed by atoms with Crippen LogP contribution in [0.15, 0.2) is 53.0 Å². The summed E-state index contributed by atoms with van der Waals surface area (Å²) in [6.07, 6.45) is 5.68. The van der Waals surface area contributed by atoms with E-state index < -0.39 is 0 Å². The zero-order valence-electron chi connectivity index (χ0n) is 14.9. The van der Waals surface area contributed by atoms with Crippen LogP contribution in [0.25, 0.3) is 16.9 Å². The van der Waals surface area contributed by atoms with Gasteiger partial charge in [0.15, 0.2) is 0 Å². The fraction of sp³-hybridized carbons (Fsp3) is 0.158. The van der Waals surface area contributed by atoms with Gasteiger partial charge in [0.25, 0.3) is 11.5 Å². The summed E-state index contributed by atoms with van der Waals surface area (Å²) in [5, 5.41) is 6.20. The zero-order valence-corrected chi connectivity index (χ0v) is 16.5. The van der Waals surface area contributed by atoms with Crippen molar-refractivity contribution in [3.05, 3.63) is 74.3 Å². The van der Waals surface area contributed by atoms with Crippen LogP contribution in [-0.4, -0.2) is 31.4 Å². The highest BCUT2D eigenvalue weighted by atomic mass is 35.5. The predicted molar refractivity (Wildman–Crippen MR) is 109 cm³/mol. The number of amides is 1.